The summed E-state index contributed by atoms with van der Waals surface area (Å²) >= 11 is 0. The summed E-state index contributed by atoms with van der Waals surface area (Å²) in [5.74, 6) is 0.361. The summed E-state index contributed by atoms with van der Waals surface area (Å²) < 4.78 is 11.5. The SMILES string of the molecule is C=C(C)C(=O)OCCCOc1ccccc1N(c1ccccc1)c1ccc(-c2ccc(N(c3ccccc3)c3ccccc3)cc2)cc1. The van der Waals surface area contributed by atoms with E-state index < -0.39 is 0 Å². The van der Waals surface area contributed by atoms with Gasteiger partial charge in [-0.1, -0.05) is 97.6 Å². The molecule has 0 N–H and O–H groups in total. The number of hydrogen-bond acceptors (Lipinski definition) is 5. The number of carbonyl (C=O) groups is 1. The monoisotopic (exact) mass is 630 g/mol. The second-order valence-corrected chi connectivity index (χ2v) is 11.4. The fourth-order valence-corrected chi connectivity index (χ4v) is 5.50. The van der Waals surface area contributed by atoms with Gasteiger partial charge in [0.15, 0.2) is 0 Å². The van der Waals surface area contributed by atoms with Crippen LogP contribution in [0.2, 0.25) is 0 Å². The van der Waals surface area contributed by atoms with E-state index in [2.05, 4.69) is 132 Å². The molecule has 6 rings (SSSR count). The highest BCUT2D eigenvalue weighted by Gasteiger charge is 2.17. The lowest BCUT2D eigenvalue weighted by molar-refractivity contribution is -0.139. The van der Waals surface area contributed by atoms with E-state index >= 15 is 0 Å². The third kappa shape index (κ3) is 7.65. The molecule has 0 saturated carbocycles. The predicted molar refractivity (Wildman–Crippen MR) is 197 cm³/mol. The van der Waals surface area contributed by atoms with Gasteiger partial charge in [-0.25, -0.2) is 4.79 Å². The Kier molecular flexibility index (Phi) is 10.3. The van der Waals surface area contributed by atoms with Crippen LogP contribution in [0.5, 0.6) is 5.75 Å². The Morgan fingerprint density at radius 3 is 1.44 bits per heavy atom. The van der Waals surface area contributed by atoms with Crippen LogP contribution in [0, 0.1) is 0 Å². The summed E-state index contributed by atoms with van der Waals surface area (Å²) in [5.41, 5.74) is 8.90. The Morgan fingerprint density at radius 1 is 0.521 bits per heavy atom. The predicted octanol–water partition coefficient (Wildman–Crippen LogP) is 11.2. The van der Waals surface area contributed by atoms with E-state index in [0.29, 0.717) is 18.6 Å². The van der Waals surface area contributed by atoms with Crippen molar-refractivity contribution in [2.45, 2.75) is 13.3 Å². The maximum Gasteiger partial charge on any atom is 0.333 e. The maximum atomic E-state index is 11.7. The smallest absolute Gasteiger partial charge is 0.333 e. The summed E-state index contributed by atoms with van der Waals surface area (Å²) in [6.07, 6.45) is 0.570. The third-order valence-corrected chi connectivity index (χ3v) is 7.86. The average Bonchev–Trinajstić information content (AvgIpc) is 3.14. The highest BCUT2D eigenvalue weighted by Crippen LogP contribution is 2.41. The molecular formula is C43H38N2O3. The van der Waals surface area contributed by atoms with Gasteiger partial charge in [-0.15, -0.1) is 0 Å². The Hall–Kier alpha value is -6.07. The molecule has 6 aromatic carbocycles. The summed E-state index contributed by atoms with van der Waals surface area (Å²) in [5, 5.41) is 0. The van der Waals surface area contributed by atoms with Crippen molar-refractivity contribution in [3.05, 3.63) is 176 Å². The molecule has 0 radical (unpaired) electrons. The van der Waals surface area contributed by atoms with Gasteiger partial charge in [0.25, 0.3) is 0 Å². The lowest BCUT2D eigenvalue weighted by Gasteiger charge is -2.27. The van der Waals surface area contributed by atoms with E-state index in [4.69, 9.17) is 9.47 Å². The van der Waals surface area contributed by atoms with Crippen molar-refractivity contribution in [2.24, 2.45) is 0 Å². The summed E-state index contributed by atoms with van der Waals surface area (Å²) in [6.45, 7) is 5.95. The molecule has 0 aliphatic heterocycles. The van der Waals surface area contributed by atoms with Crippen LogP contribution in [0.15, 0.2) is 176 Å². The Labute approximate surface area is 282 Å². The number of anilines is 6. The summed E-state index contributed by atoms with van der Waals surface area (Å²) in [7, 11) is 0. The number of rotatable bonds is 13. The molecule has 0 saturated heterocycles. The molecule has 0 aromatic heterocycles. The molecule has 0 unspecified atom stereocenters. The maximum absolute atomic E-state index is 11.7. The molecule has 0 spiro atoms. The fraction of sp³-hybridized carbons (Fsp3) is 0.0930. The Bertz CT molecular complexity index is 1890. The van der Waals surface area contributed by atoms with Gasteiger partial charge in [-0.3, -0.25) is 0 Å². The van der Waals surface area contributed by atoms with Gasteiger partial charge in [-0.2, -0.15) is 0 Å². The van der Waals surface area contributed by atoms with Gasteiger partial charge in [0.2, 0.25) is 0 Å². The molecule has 0 aliphatic rings. The zero-order valence-electron chi connectivity index (χ0n) is 27.0. The molecule has 0 fully saturated rings. The topological polar surface area (TPSA) is 42.0 Å². The van der Waals surface area contributed by atoms with Crippen molar-refractivity contribution >= 4 is 40.1 Å². The number of para-hydroxylation sites is 5. The van der Waals surface area contributed by atoms with Crippen LogP contribution in [0.4, 0.5) is 34.1 Å². The van der Waals surface area contributed by atoms with Gasteiger partial charge in [-0.05, 0) is 90.8 Å². The van der Waals surface area contributed by atoms with Crippen molar-refractivity contribution in [1.29, 1.82) is 0 Å². The normalized spacial score (nSPS) is 10.6. The third-order valence-electron chi connectivity index (χ3n) is 7.86. The molecule has 0 atom stereocenters. The van der Waals surface area contributed by atoms with Crippen molar-refractivity contribution in [1.82, 2.24) is 0 Å². The van der Waals surface area contributed by atoms with Gasteiger partial charge in [0.1, 0.15) is 5.75 Å². The fourth-order valence-electron chi connectivity index (χ4n) is 5.50. The lowest BCUT2D eigenvalue weighted by atomic mass is 10.0. The standard InChI is InChI=1S/C43H38N2O3/c1-33(2)43(46)48-32-14-31-47-42-22-13-12-21-41(42)45(38-19-10-5-11-20-38)40-29-25-35(26-30-40)34-23-27-39(28-24-34)44(36-15-6-3-7-16-36)37-17-8-4-9-18-37/h3-13,15-30H,1,14,31-32H2,2H3. The largest absolute Gasteiger partial charge is 0.491 e. The number of benzene rings is 6. The first-order valence-electron chi connectivity index (χ1n) is 16.1. The van der Waals surface area contributed by atoms with Crippen LogP contribution in [0.1, 0.15) is 13.3 Å². The number of esters is 1. The van der Waals surface area contributed by atoms with E-state index in [1.807, 2.05) is 48.5 Å². The van der Waals surface area contributed by atoms with Crippen molar-refractivity contribution in [3.8, 4) is 16.9 Å². The molecule has 5 nitrogen and oxygen atoms in total. The van der Waals surface area contributed by atoms with Gasteiger partial charge >= 0.3 is 5.97 Å². The summed E-state index contributed by atoms with van der Waals surface area (Å²) in [4.78, 5) is 16.2. The minimum absolute atomic E-state index is 0.273. The van der Waals surface area contributed by atoms with Crippen molar-refractivity contribution in [2.75, 3.05) is 23.0 Å². The van der Waals surface area contributed by atoms with Gasteiger partial charge in [0.05, 0.1) is 18.9 Å². The lowest BCUT2D eigenvalue weighted by Crippen LogP contribution is -2.13. The van der Waals surface area contributed by atoms with E-state index in [1.54, 1.807) is 6.92 Å². The van der Waals surface area contributed by atoms with Crippen LogP contribution in [-0.2, 0) is 9.53 Å². The number of hydrogen-bond donors (Lipinski definition) is 0. The quantitative estimate of drug-likeness (QED) is 0.0721. The van der Waals surface area contributed by atoms with E-state index in [1.165, 1.54) is 0 Å². The molecule has 0 amide bonds. The molecule has 238 valence electrons. The van der Waals surface area contributed by atoms with Crippen LogP contribution in [0.25, 0.3) is 11.1 Å². The van der Waals surface area contributed by atoms with E-state index in [-0.39, 0.29) is 12.6 Å². The van der Waals surface area contributed by atoms with Gasteiger partial charge in [0, 0.05) is 40.4 Å². The number of nitrogens with zero attached hydrogens (tertiary/aromatic N) is 2. The van der Waals surface area contributed by atoms with Crippen LogP contribution >= 0.6 is 0 Å². The Morgan fingerprint density at radius 2 is 0.938 bits per heavy atom. The van der Waals surface area contributed by atoms with E-state index in [9.17, 15) is 4.79 Å². The molecule has 0 aliphatic carbocycles. The highest BCUT2D eigenvalue weighted by molar-refractivity contribution is 5.87. The second-order valence-electron chi connectivity index (χ2n) is 11.4. The summed E-state index contributed by atoms with van der Waals surface area (Å²) in [6, 6.07) is 56.4. The molecule has 0 bridgehead atoms. The molecule has 6 aromatic rings. The van der Waals surface area contributed by atoms with Crippen LogP contribution in [-0.4, -0.2) is 19.2 Å². The highest BCUT2D eigenvalue weighted by atomic mass is 16.5. The first kappa shape index (κ1) is 31.9. The average molecular weight is 631 g/mol. The zero-order valence-corrected chi connectivity index (χ0v) is 27.0. The molecule has 0 heterocycles. The molecule has 5 heteroatoms. The first-order valence-corrected chi connectivity index (χ1v) is 16.1. The minimum Gasteiger partial charge on any atom is -0.491 e. The van der Waals surface area contributed by atoms with Crippen molar-refractivity contribution < 1.29 is 14.3 Å². The molecule has 48 heavy (non-hydrogen) atoms. The van der Waals surface area contributed by atoms with Crippen molar-refractivity contribution in [3.63, 3.8) is 0 Å². The first-order chi connectivity index (χ1) is 23.6. The Balaban J connectivity index is 1.24. The zero-order chi connectivity index (χ0) is 33.1. The molecular weight excluding hydrogens is 592 g/mol. The number of ether oxygens (including phenoxy) is 2. The number of carbonyl (C=O) groups excluding carboxylic acids is 1. The van der Waals surface area contributed by atoms with Crippen LogP contribution in [0.3, 0.4) is 0 Å². The van der Waals surface area contributed by atoms with E-state index in [0.717, 1.165) is 51.0 Å². The second kappa shape index (κ2) is 15.5. The minimum atomic E-state index is -0.383. The van der Waals surface area contributed by atoms with Crippen LogP contribution < -0.4 is 14.5 Å². The van der Waals surface area contributed by atoms with Gasteiger partial charge < -0.3 is 19.3 Å².